The first-order valence-corrected chi connectivity index (χ1v) is 12.1. The van der Waals surface area contributed by atoms with Crippen LogP contribution in [0.3, 0.4) is 0 Å². The van der Waals surface area contributed by atoms with Gasteiger partial charge in [0.15, 0.2) is 0 Å². The molecular weight excluding hydrogens is 457 g/mol. The Morgan fingerprint density at radius 1 is 1.28 bits per heavy atom. The molecule has 0 radical (unpaired) electrons. The van der Waals surface area contributed by atoms with E-state index >= 15 is 0 Å². The molecule has 7 nitrogen and oxygen atoms in total. The lowest BCUT2D eigenvalue weighted by molar-refractivity contribution is 0.0941. The van der Waals surface area contributed by atoms with Crippen LogP contribution in [0.25, 0.3) is 0 Å². The Bertz CT molecular complexity index is 1060. The van der Waals surface area contributed by atoms with E-state index < -0.39 is 15.9 Å². The molecule has 0 saturated carbocycles. The van der Waals surface area contributed by atoms with Crippen molar-refractivity contribution in [3.8, 4) is 0 Å². The van der Waals surface area contributed by atoms with Gasteiger partial charge in [-0.05, 0) is 62.8 Å². The summed E-state index contributed by atoms with van der Waals surface area (Å²) in [6.45, 7) is 0.969. The minimum atomic E-state index is -3.92. The fraction of sp³-hybridized carbons (Fsp3) is 0.409. The second kappa shape index (κ2) is 10.7. The minimum Gasteiger partial charge on any atom is -0.377 e. The number of carbonyl (C=O) groups excluding carboxylic acids is 1. The third-order valence-corrected chi connectivity index (χ3v) is 7.23. The van der Waals surface area contributed by atoms with Crippen molar-refractivity contribution in [2.75, 3.05) is 33.8 Å². The highest BCUT2D eigenvalue weighted by molar-refractivity contribution is 7.89. The molecule has 1 aliphatic rings. The number of hydrogen-bond donors (Lipinski definition) is 2. The third kappa shape index (κ3) is 6.26. The monoisotopic (exact) mass is 483 g/mol. The number of amides is 1. The Morgan fingerprint density at radius 2 is 2.06 bits per heavy atom. The number of likely N-dealkylation sites (N-methyl/N-ethyl adjacent to an activating group) is 1. The normalized spacial score (nSPS) is 17.5. The molecule has 3 rings (SSSR count). The van der Waals surface area contributed by atoms with Crippen LogP contribution in [-0.4, -0.2) is 59.1 Å². The summed E-state index contributed by atoms with van der Waals surface area (Å²) in [7, 11) is -0.263. The van der Waals surface area contributed by atoms with Gasteiger partial charge in [0.05, 0.1) is 17.2 Å². The van der Waals surface area contributed by atoms with Crippen LogP contribution in [-0.2, 0) is 14.8 Å². The highest BCUT2D eigenvalue weighted by Gasteiger charge is 2.24. The number of carbonyl (C=O) groups is 1. The number of ether oxygens (including phenoxy) is 1. The van der Waals surface area contributed by atoms with Gasteiger partial charge in [-0.2, -0.15) is 0 Å². The first-order chi connectivity index (χ1) is 15.2. The first-order valence-electron chi connectivity index (χ1n) is 10.3. The van der Waals surface area contributed by atoms with Gasteiger partial charge in [-0.3, -0.25) is 4.79 Å². The zero-order valence-corrected chi connectivity index (χ0v) is 19.5. The Balaban J connectivity index is 1.71. The molecule has 2 N–H and O–H groups in total. The summed E-state index contributed by atoms with van der Waals surface area (Å²) in [5.74, 6) is -0.816. The fourth-order valence-corrected chi connectivity index (χ4v) is 5.13. The summed E-state index contributed by atoms with van der Waals surface area (Å²) in [6, 6.07) is 10.0. The van der Waals surface area contributed by atoms with Gasteiger partial charge in [0.25, 0.3) is 5.91 Å². The van der Waals surface area contributed by atoms with Crippen molar-refractivity contribution in [3.63, 3.8) is 0 Å². The number of benzene rings is 2. The van der Waals surface area contributed by atoms with Crippen LogP contribution in [0.1, 0.15) is 34.8 Å². The van der Waals surface area contributed by atoms with Gasteiger partial charge in [-0.15, -0.1) is 0 Å². The van der Waals surface area contributed by atoms with Gasteiger partial charge in [0.1, 0.15) is 10.7 Å². The summed E-state index contributed by atoms with van der Waals surface area (Å²) in [5.41, 5.74) is 0.872. The molecule has 0 aliphatic carbocycles. The molecule has 174 valence electrons. The highest BCUT2D eigenvalue weighted by Crippen LogP contribution is 2.24. The SMILES string of the molecule is CN(C)C(CNC(=O)c1ccc(Cl)c(S(=O)(=O)NCC2CCCO2)c1)c1cccc(F)c1. The molecule has 1 aliphatic heterocycles. The van der Waals surface area contributed by atoms with Crippen molar-refractivity contribution in [1.29, 1.82) is 0 Å². The van der Waals surface area contributed by atoms with E-state index in [1.807, 2.05) is 19.0 Å². The zero-order chi connectivity index (χ0) is 23.3. The predicted octanol–water partition coefficient (Wildman–Crippen LogP) is 2.97. The fourth-order valence-electron chi connectivity index (χ4n) is 3.54. The van der Waals surface area contributed by atoms with Gasteiger partial charge >= 0.3 is 0 Å². The van der Waals surface area contributed by atoms with E-state index in [4.69, 9.17) is 16.3 Å². The zero-order valence-electron chi connectivity index (χ0n) is 18.0. The summed E-state index contributed by atoms with van der Waals surface area (Å²) >= 11 is 6.12. The molecule has 2 unspecified atom stereocenters. The van der Waals surface area contributed by atoms with Crippen molar-refractivity contribution in [2.45, 2.75) is 29.9 Å². The van der Waals surface area contributed by atoms with Crippen molar-refractivity contribution in [3.05, 3.63) is 64.4 Å². The molecule has 32 heavy (non-hydrogen) atoms. The molecule has 2 aromatic carbocycles. The molecule has 1 heterocycles. The van der Waals surface area contributed by atoms with E-state index in [2.05, 4.69) is 10.0 Å². The first kappa shape index (κ1) is 24.6. The molecule has 0 aromatic heterocycles. The standard InChI is InChI=1S/C22H27ClFN3O4S/c1-27(2)20(15-5-3-6-17(24)11-15)14-25-22(28)16-8-9-19(23)21(12-16)32(29,30)26-13-18-7-4-10-31-18/h3,5-6,8-9,11-12,18,20,26H,4,7,10,13-14H2,1-2H3,(H,25,28). The Kier molecular flexibility index (Phi) is 8.24. The molecule has 0 spiro atoms. The maximum atomic E-state index is 13.6. The average Bonchev–Trinajstić information content (AvgIpc) is 3.26. The number of nitrogens with zero attached hydrogens (tertiary/aromatic N) is 1. The molecule has 1 fully saturated rings. The summed E-state index contributed by atoms with van der Waals surface area (Å²) in [5, 5.41) is 2.81. The number of rotatable bonds is 9. The molecule has 0 bridgehead atoms. The van der Waals surface area contributed by atoms with Crippen LogP contribution in [0.4, 0.5) is 4.39 Å². The predicted molar refractivity (Wildman–Crippen MR) is 121 cm³/mol. The minimum absolute atomic E-state index is 0.0207. The summed E-state index contributed by atoms with van der Waals surface area (Å²) < 4.78 is 47.0. The Hall–Kier alpha value is -2.04. The molecule has 1 amide bonds. The second-order valence-electron chi connectivity index (χ2n) is 7.88. The van der Waals surface area contributed by atoms with Crippen molar-refractivity contribution >= 4 is 27.5 Å². The molecule has 1 saturated heterocycles. The van der Waals surface area contributed by atoms with Gasteiger partial charge in [0, 0.05) is 25.3 Å². The maximum absolute atomic E-state index is 13.6. The quantitative estimate of drug-likeness (QED) is 0.572. The Labute approximate surface area is 192 Å². The topological polar surface area (TPSA) is 87.7 Å². The van der Waals surface area contributed by atoms with Crippen LogP contribution < -0.4 is 10.0 Å². The van der Waals surface area contributed by atoms with E-state index in [0.29, 0.717) is 12.2 Å². The van der Waals surface area contributed by atoms with E-state index in [1.165, 1.54) is 30.3 Å². The molecule has 10 heteroatoms. The van der Waals surface area contributed by atoms with Gasteiger partial charge in [-0.1, -0.05) is 23.7 Å². The second-order valence-corrected chi connectivity index (χ2v) is 10.0. The van der Waals surface area contributed by atoms with Crippen LogP contribution >= 0.6 is 11.6 Å². The van der Waals surface area contributed by atoms with Crippen LogP contribution in [0.2, 0.25) is 5.02 Å². The largest absolute Gasteiger partial charge is 0.377 e. The summed E-state index contributed by atoms with van der Waals surface area (Å²) in [4.78, 5) is 14.4. The highest BCUT2D eigenvalue weighted by atomic mass is 35.5. The number of hydrogen-bond acceptors (Lipinski definition) is 5. The van der Waals surface area contributed by atoms with Gasteiger partial charge in [-0.25, -0.2) is 17.5 Å². The average molecular weight is 484 g/mol. The number of nitrogens with one attached hydrogen (secondary N) is 2. The lowest BCUT2D eigenvalue weighted by Gasteiger charge is -2.25. The molecule has 2 atom stereocenters. The van der Waals surface area contributed by atoms with E-state index in [9.17, 15) is 17.6 Å². The van der Waals surface area contributed by atoms with Gasteiger partial charge in [0.2, 0.25) is 10.0 Å². The van der Waals surface area contributed by atoms with E-state index in [0.717, 1.165) is 12.8 Å². The molecular formula is C22H27ClFN3O4S. The lowest BCUT2D eigenvalue weighted by Crippen LogP contribution is -2.35. The Morgan fingerprint density at radius 3 is 2.72 bits per heavy atom. The number of halogens is 2. The van der Waals surface area contributed by atoms with Crippen molar-refractivity contribution < 1.29 is 22.3 Å². The number of sulfonamides is 1. The lowest BCUT2D eigenvalue weighted by atomic mass is 10.1. The summed E-state index contributed by atoms with van der Waals surface area (Å²) in [6.07, 6.45) is 1.52. The van der Waals surface area contributed by atoms with E-state index in [1.54, 1.807) is 12.1 Å². The third-order valence-electron chi connectivity index (χ3n) is 5.32. The van der Waals surface area contributed by atoms with E-state index in [-0.39, 0.29) is 46.5 Å². The molecule has 2 aromatic rings. The van der Waals surface area contributed by atoms with Crippen LogP contribution in [0, 0.1) is 5.82 Å². The van der Waals surface area contributed by atoms with Crippen LogP contribution in [0.15, 0.2) is 47.4 Å². The van der Waals surface area contributed by atoms with Crippen molar-refractivity contribution in [1.82, 2.24) is 14.9 Å². The van der Waals surface area contributed by atoms with Crippen LogP contribution in [0.5, 0.6) is 0 Å². The van der Waals surface area contributed by atoms with Gasteiger partial charge < -0.3 is 15.0 Å². The maximum Gasteiger partial charge on any atom is 0.251 e. The smallest absolute Gasteiger partial charge is 0.251 e. The van der Waals surface area contributed by atoms with Crippen molar-refractivity contribution in [2.24, 2.45) is 0 Å².